The van der Waals surface area contributed by atoms with Crippen molar-refractivity contribution in [3.63, 3.8) is 0 Å². The standard InChI is InChI=1S/C28H35N5O3/c1-20(2)26(28(35)36-3)31-27-22-11-7-8-12-23(22)29-24(30-27)19-32-15-17-33(18-16-32)25(34)14-13-21-9-5-4-6-10-21/h4-12,20,26H,13-19H2,1-3H3,(H,29,30,31)/t26-/m0/s1. The van der Waals surface area contributed by atoms with Crippen molar-refractivity contribution in [2.45, 2.75) is 39.3 Å². The van der Waals surface area contributed by atoms with Gasteiger partial charge < -0.3 is 15.0 Å². The van der Waals surface area contributed by atoms with Crippen molar-refractivity contribution < 1.29 is 14.3 Å². The Balaban J connectivity index is 1.40. The van der Waals surface area contributed by atoms with E-state index in [0.29, 0.717) is 37.7 Å². The van der Waals surface area contributed by atoms with Crippen LogP contribution in [0.25, 0.3) is 10.9 Å². The number of piperazine rings is 1. The number of methoxy groups -OCH3 is 1. The molecule has 0 saturated carbocycles. The number of ether oxygens (including phenoxy) is 1. The number of fused-ring (bicyclic) bond motifs is 1. The summed E-state index contributed by atoms with van der Waals surface area (Å²) in [6.45, 7) is 7.46. The highest BCUT2D eigenvalue weighted by molar-refractivity contribution is 5.91. The number of amides is 1. The first kappa shape index (κ1) is 25.6. The molecular weight excluding hydrogens is 454 g/mol. The molecule has 36 heavy (non-hydrogen) atoms. The fraction of sp³-hybridized carbons (Fsp3) is 0.429. The average molecular weight is 490 g/mol. The molecule has 190 valence electrons. The van der Waals surface area contributed by atoms with Gasteiger partial charge in [0.2, 0.25) is 5.91 Å². The van der Waals surface area contributed by atoms with E-state index in [1.807, 2.05) is 61.2 Å². The molecule has 1 aliphatic rings. The zero-order valence-electron chi connectivity index (χ0n) is 21.3. The molecule has 1 saturated heterocycles. The number of nitrogens with one attached hydrogen (secondary N) is 1. The van der Waals surface area contributed by atoms with E-state index in [9.17, 15) is 9.59 Å². The molecule has 2 heterocycles. The van der Waals surface area contributed by atoms with Crippen molar-refractivity contribution in [3.8, 4) is 0 Å². The van der Waals surface area contributed by atoms with Crippen LogP contribution < -0.4 is 5.32 Å². The Hall–Kier alpha value is -3.52. The minimum Gasteiger partial charge on any atom is -0.467 e. The second-order valence-corrected chi connectivity index (χ2v) is 9.54. The first-order valence-corrected chi connectivity index (χ1v) is 12.6. The number of anilines is 1. The molecule has 8 heteroatoms. The number of hydrogen-bond acceptors (Lipinski definition) is 7. The fourth-order valence-corrected chi connectivity index (χ4v) is 4.49. The smallest absolute Gasteiger partial charge is 0.328 e. The van der Waals surface area contributed by atoms with Gasteiger partial charge >= 0.3 is 5.97 Å². The number of esters is 1. The van der Waals surface area contributed by atoms with Crippen LogP contribution in [0.5, 0.6) is 0 Å². The van der Waals surface area contributed by atoms with Crippen LogP contribution in [0.4, 0.5) is 5.82 Å². The van der Waals surface area contributed by atoms with Crippen LogP contribution in [0.2, 0.25) is 0 Å². The average Bonchev–Trinajstić information content (AvgIpc) is 2.90. The van der Waals surface area contributed by atoms with Gasteiger partial charge in [-0.1, -0.05) is 56.3 Å². The molecule has 3 aromatic rings. The second kappa shape index (κ2) is 11.9. The SMILES string of the molecule is COC(=O)[C@@H](Nc1nc(CN2CCN(C(=O)CCc3ccccc3)CC2)nc2ccccc12)C(C)C. The van der Waals surface area contributed by atoms with Gasteiger partial charge in [0.1, 0.15) is 17.7 Å². The van der Waals surface area contributed by atoms with E-state index in [4.69, 9.17) is 14.7 Å². The summed E-state index contributed by atoms with van der Waals surface area (Å²) < 4.78 is 5.00. The largest absolute Gasteiger partial charge is 0.467 e. The number of para-hydroxylation sites is 1. The molecule has 2 aromatic carbocycles. The third kappa shape index (κ3) is 6.37. The Morgan fingerprint density at radius 2 is 1.67 bits per heavy atom. The molecule has 1 amide bonds. The van der Waals surface area contributed by atoms with Crippen LogP contribution in [0.3, 0.4) is 0 Å². The second-order valence-electron chi connectivity index (χ2n) is 9.54. The van der Waals surface area contributed by atoms with Crippen LogP contribution in [-0.2, 0) is 27.3 Å². The van der Waals surface area contributed by atoms with E-state index in [2.05, 4.69) is 22.3 Å². The summed E-state index contributed by atoms with van der Waals surface area (Å²) in [4.78, 5) is 38.8. The summed E-state index contributed by atoms with van der Waals surface area (Å²) in [6.07, 6.45) is 1.30. The van der Waals surface area contributed by atoms with Gasteiger partial charge in [-0.2, -0.15) is 0 Å². The molecule has 0 spiro atoms. The summed E-state index contributed by atoms with van der Waals surface area (Å²) >= 11 is 0. The quantitative estimate of drug-likeness (QED) is 0.460. The van der Waals surface area contributed by atoms with Gasteiger partial charge in [-0.3, -0.25) is 9.69 Å². The predicted octanol–water partition coefficient (Wildman–Crippen LogP) is 3.52. The maximum atomic E-state index is 12.7. The zero-order chi connectivity index (χ0) is 25.5. The number of nitrogens with zero attached hydrogens (tertiary/aromatic N) is 4. The highest BCUT2D eigenvalue weighted by Crippen LogP contribution is 2.23. The first-order valence-electron chi connectivity index (χ1n) is 12.6. The Bertz CT molecular complexity index is 1180. The van der Waals surface area contributed by atoms with Crippen LogP contribution in [0.1, 0.15) is 31.7 Å². The highest BCUT2D eigenvalue weighted by atomic mass is 16.5. The minimum absolute atomic E-state index is 0.0298. The van der Waals surface area contributed by atoms with Crippen LogP contribution in [-0.4, -0.2) is 71.0 Å². The molecule has 8 nitrogen and oxygen atoms in total. The van der Waals surface area contributed by atoms with E-state index < -0.39 is 6.04 Å². The molecule has 0 unspecified atom stereocenters. The van der Waals surface area contributed by atoms with Gasteiger partial charge in [-0.15, -0.1) is 0 Å². The number of benzene rings is 2. The van der Waals surface area contributed by atoms with Crippen LogP contribution >= 0.6 is 0 Å². The zero-order valence-corrected chi connectivity index (χ0v) is 21.3. The van der Waals surface area contributed by atoms with E-state index in [-0.39, 0.29) is 17.8 Å². The lowest BCUT2D eigenvalue weighted by molar-refractivity contribution is -0.142. The molecule has 0 aliphatic carbocycles. The van der Waals surface area contributed by atoms with E-state index >= 15 is 0 Å². The molecule has 1 N–H and O–H groups in total. The van der Waals surface area contributed by atoms with Gasteiger partial charge in [0.25, 0.3) is 0 Å². The number of aryl methyl sites for hydroxylation is 1. The van der Waals surface area contributed by atoms with E-state index in [1.165, 1.54) is 12.7 Å². The summed E-state index contributed by atoms with van der Waals surface area (Å²) in [5, 5.41) is 4.17. The molecule has 0 bridgehead atoms. The Morgan fingerprint density at radius 3 is 2.36 bits per heavy atom. The topological polar surface area (TPSA) is 87.7 Å². The molecule has 4 rings (SSSR count). The maximum Gasteiger partial charge on any atom is 0.328 e. The number of rotatable bonds is 9. The molecule has 0 radical (unpaired) electrons. The van der Waals surface area contributed by atoms with Crippen molar-refractivity contribution in [1.82, 2.24) is 19.8 Å². The Kier molecular flexibility index (Phi) is 8.48. The summed E-state index contributed by atoms with van der Waals surface area (Å²) in [5.41, 5.74) is 2.02. The third-order valence-electron chi connectivity index (χ3n) is 6.62. The number of hydrogen-bond donors (Lipinski definition) is 1. The van der Waals surface area contributed by atoms with Crippen molar-refractivity contribution in [1.29, 1.82) is 0 Å². The fourth-order valence-electron chi connectivity index (χ4n) is 4.49. The predicted molar refractivity (Wildman–Crippen MR) is 140 cm³/mol. The van der Waals surface area contributed by atoms with Crippen molar-refractivity contribution in [2.24, 2.45) is 5.92 Å². The number of carbonyl (C=O) groups is 2. The lowest BCUT2D eigenvalue weighted by Crippen LogP contribution is -2.48. The summed E-state index contributed by atoms with van der Waals surface area (Å²) in [6, 6.07) is 17.4. The molecular formula is C28H35N5O3. The third-order valence-corrected chi connectivity index (χ3v) is 6.62. The monoisotopic (exact) mass is 489 g/mol. The van der Waals surface area contributed by atoms with Crippen LogP contribution in [0.15, 0.2) is 54.6 Å². The van der Waals surface area contributed by atoms with Crippen molar-refractivity contribution >= 4 is 28.6 Å². The lowest BCUT2D eigenvalue weighted by atomic mass is 10.0. The van der Waals surface area contributed by atoms with Crippen LogP contribution in [0, 0.1) is 5.92 Å². The Morgan fingerprint density at radius 1 is 0.972 bits per heavy atom. The minimum atomic E-state index is -0.508. The first-order chi connectivity index (χ1) is 17.4. The van der Waals surface area contributed by atoms with Gasteiger partial charge in [-0.05, 0) is 30.0 Å². The molecule has 1 aromatic heterocycles. The normalized spacial score (nSPS) is 15.2. The maximum absolute atomic E-state index is 12.7. The van der Waals surface area contributed by atoms with E-state index in [1.54, 1.807) is 0 Å². The van der Waals surface area contributed by atoms with Gasteiger partial charge in [0.05, 0.1) is 19.2 Å². The molecule has 1 atom stereocenters. The van der Waals surface area contributed by atoms with Crippen molar-refractivity contribution in [2.75, 3.05) is 38.6 Å². The number of aromatic nitrogens is 2. The summed E-state index contributed by atoms with van der Waals surface area (Å²) in [7, 11) is 1.40. The van der Waals surface area contributed by atoms with E-state index in [0.717, 1.165) is 30.4 Å². The van der Waals surface area contributed by atoms with Gasteiger partial charge in [0, 0.05) is 38.0 Å². The highest BCUT2D eigenvalue weighted by Gasteiger charge is 2.25. The van der Waals surface area contributed by atoms with Crippen molar-refractivity contribution in [3.05, 3.63) is 66.0 Å². The number of carbonyl (C=O) groups excluding carboxylic acids is 2. The summed E-state index contributed by atoms with van der Waals surface area (Å²) in [5.74, 6) is 1.24. The van der Waals surface area contributed by atoms with Gasteiger partial charge in [-0.25, -0.2) is 14.8 Å². The molecule has 1 fully saturated rings. The lowest BCUT2D eigenvalue weighted by Gasteiger charge is -2.34. The van der Waals surface area contributed by atoms with Gasteiger partial charge in [0.15, 0.2) is 0 Å². The Labute approximate surface area is 212 Å². The molecule has 1 aliphatic heterocycles.